The molecule has 4 N–H and O–H groups in total. The fourth-order valence-electron chi connectivity index (χ4n) is 4.59. The average molecular weight is 454 g/mol. The maximum absolute atomic E-state index is 13.7. The summed E-state index contributed by atoms with van der Waals surface area (Å²) in [6.07, 6.45) is -7.49. The van der Waals surface area contributed by atoms with Crippen molar-refractivity contribution >= 4 is 11.9 Å². The Hall–Kier alpha value is -1.49. The molecule has 0 aromatic rings. The highest BCUT2D eigenvalue weighted by molar-refractivity contribution is 5.98. The molecule has 7 unspecified atom stereocenters. The number of carbonyl (C=O) groups excluding carboxylic acids is 1. The molecule has 1 aliphatic heterocycles. The van der Waals surface area contributed by atoms with Gasteiger partial charge in [0.1, 0.15) is 18.5 Å². The first kappa shape index (κ1) is 24.2. The van der Waals surface area contributed by atoms with Crippen LogP contribution in [-0.2, 0) is 4.79 Å². The number of aliphatic imine (C=N–C) groups is 1. The zero-order chi connectivity index (χ0) is 23.0. The fourth-order valence-corrected chi connectivity index (χ4v) is 4.59. The van der Waals surface area contributed by atoms with Gasteiger partial charge in [-0.2, -0.15) is 13.2 Å². The smallest absolute Gasteiger partial charge is 0.351 e. The first-order chi connectivity index (χ1) is 14.3. The van der Waals surface area contributed by atoms with Gasteiger partial charge in [0.2, 0.25) is 5.91 Å². The van der Waals surface area contributed by atoms with E-state index in [1.807, 2.05) is 20.8 Å². The number of hydrogen-bond acceptors (Lipinski definition) is 4. The maximum atomic E-state index is 13.7. The van der Waals surface area contributed by atoms with Crippen LogP contribution in [0.15, 0.2) is 4.99 Å². The molecule has 11 heteroatoms. The van der Waals surface area contributed by atoms with Gasteiger partial charge in [-0.05, 0) is 59.3 Å². The molecule has 0 aromatic carbocycles. The van der Waals surface area contributed by atoms with E-state index < -0.39 is 48.0 Å². The van der Waals surface area contributed by atoms with Crippen LogP contribution in [0.5, 0.6) is 0 Å². The lowest BCUT2D eigenvalue weighted by Gasteiger charge is -2.33. The van der Waals surface area contributed by atoms with Gasteiger partial charge in [0.15, 0.2) is 5.96 Å². The molecular formula is C20H32F5N5O. The van der Waals surface area contributed by atoms with Crippen LogP contribution in [0, 0.1) is 17.8 Å². The molecule has 1 amide bonds. The Labute approximate surface area is 179 Å². The van der Waals surface area contributed by atoms with Crippen LogP contribution >= 0.6 is 0 Å². The first-order valence-corrected chi connectivity index (χ1v) is 10.9. The molecule has 0 aromatic heterocycles. The van der Waals surface area contributed by atoms with Crippen LogP contribution in [0.3, 0.4) is 0 Å². The molecule has 0 spiro atoms. The molecule has 1 heterocycles. The van der Waals surface area contributed by atoms with E-state index in [0.717, 1.165) is 0 Å². The van der Waals surface area contributed by atoms with Gasteiger partial charge in [0.05, 0.1) is 5.92 Å². The molecule has 1 saturated heterocycles. The SMILES string of the molecule is CC(C)(C)N/C(=N\C1NNC2CC(C(F)(F)F)CCC21)NC(=O)C1CCC(F)C(F)C1. The Balaban J connectivity index is 1.68. The summed E-state index contributed by atoms with van der Waals surface area (Å²) in [6.45, 7) is 5.62. The third-order valence-electron chi connectivity index (χ3n) is 6.26. The van der Waals surface area contributed by atoms with E-state index >= 15 is 0 Å². The number of halogens is 5. The van der Waals surface area contributed by atoms with E-state index in [1.54, 1.807) is 0 Å². The van der Waals surface area contributed by atoms with E-state index in [4.69, 9.17) is 0 Å². The molecule has 0 radical (unpaired) electrons. The lowest BCUT2D eigenvalue weighted by molar-refractivity contribution is -0.185. The van der Waals surface area contributed by atoms with E-state index in [0.29, 0.717) is 6.42 Å². The highest BCUT2D eigenvalue weighted by Crippen LogP contribution is 2.42. The van der Waals surface area contributed by atoms with Gasteiger partial charge in [0, 0.05) is 23.4 Å². The number of carbonyl (C=O) groups is 1. The van der Waals surface area contributed by atoms with Gasteiger partial charge in [-0.1, -0.05) is 0 Å². The lowest BCUT2D eigenvalue weighted by atomic mass is 9.78. The van der Waals surface area contributed by atoms with Crippen molar-refractivity contribution in [2.45, 2.75) is 95.6 Å². The van der Waals surface area contributed by atoms with Crippen molar-refractivity contribution in [1.82, 2.24) is 21.5 Å². The van der Waals surface area contributed by atoms with Crippen molar-refractivity contribution < 1.29 is 26.7 Å². The summed E-state index contributed by atoms with van der Waals surface area (Å²) in [7, 11) is 0. The monoisotopic (exact) mass is 453 g/mol. The second-order valence-electron chi connectivity index (χ2n) is 9.94. The molecule has 2 aliphatic carbocycles. The van der Waals surface area contributed by atoms with Crippen LogP contribution < -0.4 is 21.5 Å². The number of guanidine groups is 1. The molecule has 0 bridgehead atoms. The minimum absolute atomic E-state index is 0.00332. The number of amides is 1. The van der Waals surface area contributed by atoms with Gasteiger partial charge in [-0.15, -0.1) is 0 Å². The Morgan fingerprint density at radius 1 is 0.968 bits per heavy atom. The quantitative estimate of drug-likeness (QED) is 0.294. The molecule has 178 valence electrons. The Morgan fingerprint density at radius 3 is 2.29 bits per heavy atom. The van der Waals surface area contributed by atoms with E-state index in [9.17, 15) is 26.7 Å². The summed E-state index contributed by atoms with van der Waals surface area (Å²) < 4.78 is 66.4. The van der Waals surface area contributed by atoms with Crippen LogP contribution in [0.1, 0.15) is 59.3 Å². The summed E-state index contributed by atoms with van der Waals surface area (Å²) >= 11 is 0. The summed E-state index contributed by atoms with van der Waals surface area (Å²) in [6, 6.07) is -0.368. The number of hydrazine groups is 1. The predicted molar refractivity (Wildman–Crippen MR) is 106 cm³/mol. The lowest BCUT2D eigenvalue weighted by Crippen LogP contribution is -2.52. The standard InChI is InChI=1S/C20H32F5N5O/c1-19(2,3)28-18(27-17(31)10-4-7-13(21)14(22)8-10)26-16-12-6-5-11(20(23,24)25)9-15(12)29-30-16/h10-16,29-30H,4-9H2,1-3H3,(H2,26,27,28,31). The Morgan fingerprint density at radius 2 is 1.68 bits per heavy atom. The van der Waals surface area contributed by atoms with Crippen molar-refractivity contribution in [2.24, 2.45) is 22.7 Å². The maximum Gasteiger partial charge on any atom is 0.391 e. The topological polar surface area (TPSA) is 77.6 Å². The van der Waals surface area contributed by atoms with Crippen LogP contribution in [0.2, 0.25) is 0 Å². The summed E-state index contributed by atoms with van der Waals surface area (Å²) in [5.41, 5.74) is 5.41. The molecule has 3 fully saturated rings. The van der Waals surface area contributed by atoms with Crippen molar-refractivity contribution in [1.29, 1.82) is 0 Å². The summed E-state index contributed by atoms with van der Waals surface area (Å²) in [5, 5.41) is 5.80. The van der Waals surface area contributed by atoms with Gasteiger partial charge in [0.25, 0.3) is 0 Å². The van der Waals surface area contributed by atoms with E-state index in [-0.39, 0.29) is 50.0 Å². The molecule has 6 nitrogen and oxygen atoms in total. The van der Waals surface area contributed by atoms with E-state index in [2.05, 4.69) is 26.5 Å². The molecule has 2 saturated carbocycles. The molecule has 7 atom stereocenters. The zero-order valence-electron chi connectivity index (χ0n) is 18.0. The van der Waals surface area contributed by atoms with Crippen molar-refractivity contribution in [3.63, 3.8) is 0 Å². The predicted octanol–water partition coefficient (Wildman–Crippen LogP) is 3.10. The number of hydrogen-bond donors (Lipinski definition) is 4. The zero-order valence-corrected chi connectivity index (χ0v) is 18.0. The van der Waals surface area contributed by atoms with Crippen LogP contribution in [0.25, 0.3) is 0 Å². The number of nitrogens with zero attached hydrogens (tertiary/aromatic N) is 1. The van der Waals surface area contributed by atoms with Crippen LogP contribution in [0.4, 0.5) is 22.0 Å². The van der Waals surface area contributed by atoms with Crippen LogP contribution in [-0.4, -0.2) is 48.1 Å². The normalized spacial score (nSPS) is 37.3. The van der Waals surface area contributed by atoms with Gasteiger partial charge in [-0.25, -0.2) is 19.2 Å². The minimum Gasteiger partial charge on any atom is -0.351 e. The highest BCUT2D eigenvalue weighted by Gasteiger charge is 2.48. The third kappa shape index (κ3) is 6.27. The average Bonchev–Trinajstić information content (AvgIpc) is 3.04. The molecule has 31 heavy (non-hydrogen) atoms. The third-order valence-corrected chi connectivity index (χ3v) is 6.26. The largest absolute Gasteiger partial charge is 0.391 e. The van der Waals surface area contributed by atoms with Gasteiger partial charge >= 0.3 is 6.18 Å². The molecular weight excluding hydrogens is 421 g/mol. The first-order valence-electron chi connectivity index (χ1n) is 10.9. The summed E-state index contributed by atoms with van der Waals surface area (Å²) in [5.74, 6) is -2.40. The van der Waals surface area contributed by atoms with Crippen molar-refractivity contribution in [2.75, 3.05) is 0 Å². The Kier molecular flexibility index (Phi) is 7.15. The number of fused-ring (bicyclic) bond motifs is 1. The van der Waals surface area contributed by atoms with Gasteiger partial charge < -0.3 is 5.32 Å². The second-order valence-corrected chi connectivity index (χ2v) is 9.94. The Bertz CT molecular complexity index is 680. The number of alkyl halides is 5. The fraction of sp³-hybridized carbons (Fsp3) is 0.900. The minimum atomic E-state index is -4.21. The van der Waals surface area contributed by atoms with Crippen molar-refractivity contribution in [3.05, 3.63) is 0 Å². The highest BCUT2D eigenvalue weighted by atomic mass is 19.4. The summed E-state index contributed by atoms with van der Waals surface area (Å²) in [4.78, 5) is 17.2. The molecule has 3 aliphatic rings. The number of rotatable bonds is 2. The molecule has 3 rings (SSSR count). The van der Waals surface area contributed by atoms with Crippen molar-refractivity contribution in [3.8, 4) is 0 Å². The van der Waals surface area contributed by atoms with Gasteiger partial charge in [-0.3, -0.25) is 15.5 Å². The number of nitrogens with one attached hydrogen (secondary N) is 4. The second kappa shape index (κ2) is 9.17. The van der Waals surface area contributed by atoms with E-state index in [1.165, 1.54) is 0 Å².